The molecule has 8 heavy (non-hydrogen) atoms. The quantitative estimate of drug-likeness (QED) is 0.462. The van der Waals surface area contributed by atoms with Crippen molar-refractivity contribution >= 4 is 34.4 Å². The van der Waals surface area contributed by atoms with Crippen molar-refractivity contribution < 1.29 is 13.0 Å². The molecule has 0 aromatic heterocycles. The molecule has 0 rings (SSSR count). The van der Waals surface area contributed by atoms with Gasteiger partial charge in [-0.15, -0.1) is 0 Å². The van der Waals surface area contributed by atoms with Crippen LogP contribution in [0.3, 0.4) is 0 Å². The maximum absolute atomic E-state index is 9.08. The average molecular weight is 330 g/mol. The van der Waals surface area contributed by atoms with Crippen molar-refractivity contribution in [1.29, 1.82) is 0 Å². The van der Waals surface area contributed by atoms with Gasteiger partial charge in [0.15, 0.2) is 0 Å². The van der Waals surface area contributed by atoms with Crippen molar-refractivity contribution in [3.05, 3.63) is 0 Å². The van der Waals surface area contributed by atoms with Crippen molar-refractivity contribution in [3.63, 3.8) is 0 Å². The summed E-state index contributed by atoms with van der Waals surface area (Å²) in [4.78, 5) is 0. The molecule has 0 amide bonds. The van der Waals surface area contributed by atoms with Gasteiger partial charge >= 0.3 is 33.2 Å². The molecular formula is C3H9O3STl. The van der Waals surface area contributed by atoms with Crippen LogP contribution in [0.4, 0.5) is 0 Å². The van der Waals surface area contributed by atoms with Crippen LogP contribution in [0.2, 0.25) is 8.97 Å². The van der Waals surface area contributed by atoms with Gasteiger partial charge < -0.3 is 4.55 Å². The first-order valence-electron chi connectivity index (χ1n) is 2.06. The zero-order chi connectivity index (χ0) is 7.21. The summed E-state index contributed by atoms with van der Waals surface area (Å²) in [6.45, 7) is 0. The van der Waals surface area contributed by atoms with Crippen molar-refractivity contribution in [2.24, 2.45) is 0 Å². The van der Waals surface area contributed by atoms with Gasteiger partial charge in [0.1, 0.15) is 0 Å². The van der Waals surface area contributed by atoms with E-state index in [0.717, 1.165) is 0 Å². The normalized spacial score (nSPS) is 8.50. The second-order valence-electron chi connectivity index (χ2n) is 1.28. The third-order valence-corrected chi connectivity index (χ3v) is 0. The Labute approximate surface area is 62.4 Å². The molecular weight excluding hydrogens is 320 g/mol. The van der Waals surface area contributed by atoms with Crippen molar-refractivity contribution in [2.45, 2.75) is 8.97 Å². The van der Waals surface area contributed by atoms with Crippen LogP contribution >= 0.6 is 0 Å². The summed E-state index contributed by atoms with van der Waals surface area (Å²) >= 11 is -0.000000000000000111. The molecule has 0 aromatic carbocycles. The molecule has 0 aliphatic carbocycles. The molecule has 0 N–H and O–H groups in total. The summed E-state index contributed by atoms with van der Waals surface area (Å²) in [5, 5.41) is 0. The summed E-state index contributed by atoms with van der Waals surface area (Å²) in [6, 6.07) is 0. The van der Waals surface area contributed by atoms with Crippen LogP contribution in [-0.2, 0) is 10.1 Å². The summed E-state index contributed by atoms with van der Waals surface area (Å²) in [5.41, 5.74) is 0. The van der Waals surface area contributed by atoms with Crippen LogP contribution in [0, 0.1) is 0 Å². The fourth-order valence-corrected chi connectivity index (χ4v) is 0. The van der Waals surface area contributed by atoms with E-state index in [0.29, 0.717) is 6.26 Å². The Bertz CT molecular complexity index is 108. The fourth-order valence-electron chi connectivity index (χ4n) is 0. The molecule has 0 aliphatic rings. The fraction of sp³-hybridized carbons (Fsp3) is 1.00. The molecule has 0 saturated carbocycles. The van der Waals surface area contributed by atoms with E-state index in [1.54, 1.807) is 0 Å². The Kier molecular flexibility index (Phi) is 8.65. The summed E-state index contributed by atoms with van der Waals surface area (Å²) in [5.74, 6) is 0. The van der Waals surface area contributed by atoms with Gasteiger partial charge in [-0.25, -0.2) is 8.42 Å². The van der Waals surface area contributed by atoms with Crippen LogP contribution in [-0.4, -0.2) is 43.5 Å². The molecule has 0 spiro atoms. The molecule has 0 aromatic rings. The SMILES string of the molecule is CS(=O)(=O)[O-].[CH3][Tl+][CH3]. The van der Waals surface area contributed by atoms with E-state index in [2.05, 4.69) is 8.97 Å². The van der Waals surface area contributed by atoms with E-state index in [1.165, 1.54) is 0 Å². The molecule has 0 atom stereocenters. The molecule has 0 heterocycles. The minimum atomic E-state index is -3.92. The zero-order valence-corrected chi connectivity index (χ0v) is 10.5. The summed E-state index contributed by atoms with van der Waals surface area (Å²) in [7, 11) is -3.92. The molecule has 0 radical (unpaired) electrons. The van der Waals surface area contributed by atoms with E-state index in [4.69, 9.17) is 13.0 Å². The van der Waals surface area contributed by atoms with Crippen LogP contribution in [0.25, 0.3) is 0 Å². The number of hydrogen-bond acceptors (Lipinski definition) is 3. The first-order chi connectivity index (χ1) is 3.41. The van der Waals surface area contributed by atoms with E-state index in [9.17, 15) is 0 Å². The van der Waals surface area contributed by atoms with E-state index < -0.39 is 10.1 Å². The zero-order valence-electron chi connectivity index (χ0n) is 5.21. The monoisotopic (exact) mass is 330 g/mol. The standard InChI is InChI=1S/CH4O3S.2CH3.Tl/c1-5(2,3)4;;;/h1H3,(H,2,3,4);2*1H3;/q;;;+1/p-1. The van der Waals surface area contributed by atoms with Crippen LogP contribution in [0.1, 0.15) is 0 Å². The van der Waals surface area contributed by atoms with Gasteiger partial charge in [0.05, 0.1) is 10.1 Å². The van der Waals surface area contributed by atoms with E-state index in [1.807, 2.05) is 0 Å². The van der Waals surface area contributed by atoms with Crippen molar-refractivity contribution in [2.75, 3.05) is 6.26 Å². The first kappa shape index (κ1) is 11.6. The van der Waals surface area contributed by atoms with Gasteiger partial charge in [0.2, 0.25) is 0 Å². The predicted octanol–water partition coefficient (Wildman–Crippen LogP) is -0.0518. The topological polar surface area (TPSA) is 57.2 Å². The van der Waals surface area contributed by atoms with Crippen LogP contribution < -0.4 is 0 Å². The molecule has 5 heteroatoms. The molecule has 48 valence electrons. The van der Waals surface area contributed by atoms with Crippen LogP contribution in [0.5, 0.6) is 0 Å². The van der Waals surface area contributed by atoms with Gasteiger partial charge in [-0.05, 0) is 0 Å². The molecule has 0 fully saturated rings. The Balaban J connectivity index is 0. The summed E-state index contributed by atoms with van der Waals surface area (Å²) in [6.07, 6.45) is 0.604. The molecule has 3 nitrogen and oxygen atoms in total. The Morgan fingerprint density at radius 3 is 1.38 bits per heavy atom. The summed E-state index contributed by atoms with van der Waals surface area (Å²) < 4.78 is 31.9. The number of hydrogen-bond donors (Lipinski definition) is 0. The maximum atomic E-state index is 9.08. The van der Waals surface area contributed by atoms with Gasteiger partial charge in [-0.1, -0.05) is 0 Å². The Morgan fingerprint density at radius 2 is 1.38 bits per heavy atom. The Morgan fingerprint density at radius 1 is 1.38 bits per heavy atom. The minimum absolute atomic E-state index is 0.000000000000000111. The Hall–Kier alpha value is 0.832. The van der Waals surface area contributed by atoms with E-state index in [-0.39, 0.29) is 24.2 Å². The third kappa shape index (κ3) is 336. The van der Waals surface area contributed by atoms with Crippen molar-refractivity contribution in [3.8, 4) is 0 Å². The van der Waals surface area contributed by atoms with Gasteiger partial charge in [-0.3, -0.25) is 0 Å². The van der Waals surface area contributed by atoms with E-state index >= 15 is 0 Å². The molecule has 0 saturated heterocycles. The first-order valence-corrected chi connectivity index (χ1v) is 12.9. The molecule has 0 unspecified atom stereocenters. The van der Waals surface area contributed by atoms with Gasteiger partial charge in [0, 0.05) is 6.26 Å². The molecule has 0 aliphatic heterocycles. The van der Waals surface area contributed by atoms with Crippen molar-refractivity contribution in [1.82, 2.24) is 0 Å². The second kappa shape index (κ2) is 5.96. The third-order valence-electron chi connectivity index (χ3n) is 0. The second-order valence-corrected chi connectivity index (χ2v) is 7.18. The van der Waals surface area contributed by atoms with Gasteiger partial charge in [-0.2, -0.15) is 0 Å². The predicted molar refractivity (Wildman–Crippen MR) is 33.1 cm³/mol. The average Bonchev–Trinajstić information content (AvgIpc) is 1.27. The van der Waals surface area contributed by atoms with Gasteiger partial charge in [0.25, 0.3) is 0 Å². The van der Waals surface area contributed by atoms with Crippen LogP contribution in [0.15, 0.2) is 0 Å². The molecule has 0 bridgehead atoms. The number of rotatable bonds is 0.